The van der Waals surface area contributed by atoms with Crippen molar-refractivity contribution in [3.63, 3.8) is 0 Å². The first-order chi connectivity index (χ1) is 10.7. The smallest absolute Gasteiger partial charge is 0.218 e. The fourth-order valence-corrected chi connectivity index (χ4v) is 3.02. The first-order valence-electron chi connectivity index (χ1n) is 6.80. The molecule has 0 bridgehead atoms. The lowest BCUT2D eigenvalue weighted by atomic mass is 10.0. The van der Waals surface area contributed by atoms with Gasteiger partial charge in [0, 0.05) is 10.9 Å². The van der Waals surface area contributed by atoms with Crippen LogP contribution in [-0.2, 0) is 0 Å². The van der Waals surface area contributed by atoms with E-state index >= 15 is 0 Å². The molecule has 0 aliphatic rings. The molecule has 2 aromatic carbocycles. The van der Waals surface area contributed by atoms with Crippen molar-refractivity contribution in [2.75, 3.05) is 7.11 Å². The maximum atomic E-state index is 9.05. The fourth-order valence-electron chi connectivity index (χ4n) is 2.39. The number of alkyl halides is 1. The van der Waals surface area contributed by atoms with E-state index in [-0.39, 0.29) is 4.83 Å². The Labute approximate surface area is 137 Å². The Morgan fingerprint density at radius 3 is 2.59 bits per heavy atom. The highest BCUT2D eigenvalue weighted by Crippen LogP contribution is 2.37. The predicted octanol–water partition coefficient (Wildman–Crippen LogP) is 4.60. The summed E-state index contributed by atoms with van der Waals surface area (Å²) in [5, 5.41) is 9.98. The molecule has 0 fully saturated rings. The van der Waals surface area contributed by atoms with Gasteiger partial charge in [-0.2, -0.15) is 5.26 Å². The maximum absolute atomic E-state index is 9.05. The van der Waals surface area contributed by atoms with Gasteiger partial charge in [0.2, 0.25) is 5.88 Å². The molecule has 1 unspecified atom stereocenters. The number of nitriles is 1. The van der Waals surface area contributed by atoms with E-state index in [9.17, 15) is 0 Å². The lowest BCUT2D eigenvalue weighted by Crippen LogP contribution is -2.00. The molecule has 108 valence electrons. The van der Waals surface area contributed by atoms with Crippen molar-refractivity contribution in [1.29, 1.82) is 5.26 Å². The van der Waals surface area contributed by atoms with Crippen LogP contribution in [0.3, 0.4) is 0 Å². The van der Waals surface area contributed by atoms with Crippen molar-refractivity contribution < 1.29 is 4.74 Å². The second kappa shape index (κ2) is 6.17. The Bertz CT molecular complexity index is 856. The van der Waals surface area contributed by atoms with Gasteiger partial charge >= 0.3 is 0 Å². The second-order valence-electron chi connectivity index (χ2n) is 4.88. The van der Waals surface area contributed by atoms with Crippen LogP contribution in [-0.4, -0.2) is 12.1 Å². The van der Waals surface area contributed by atoms with Crippen LogP contribution in [0.2, 0.25) is 0 Å². The van der Waals surface area contributed by atoms with Crippen molar-refractivity contribution in [2.45, 2.75) is 4.83 Å². The van der Waals surface area contributed by atoms with E-state index in [1.165, 1.54) is 0 Å². The van der Waals surface area contributed by atoms with Crippen LogP contribution in [0, 0.1) is 11.3 Å². The number of ether oxygens (including phenoxy) is 1. The number of rotatable bonds is 3. The second-order valence-corrected chi connectivity index (χ2v) is 5.80. The molecule has 0 radical (unpaired) electrons. The summed E-state index contributed by atoms with van der Waals surface area (Å²) in [5.74, 6) is 0.586. The summed E-state index contributed by atoms with van der Waals surface area (Å²) < 4.78 is 5.45. The van der Waals surface area contributed by atoms with Gasteiger partial charge in [0.25, 0.3) is 0 Å². The highest BCUT2D eigenvalue weighted by atomic mass is 79.9. The SMILES string of the molecule is COc1nc2ccc(C#N)cc2cc1C(Br)c1ccccc1. The van der Waals surface area contributed by atoms with Gasteiger partial charge < -0.3 is 4.74 Å². The standard InChI is InChI=1S/C18H13BrN2O/c1-22-18-15(17(19)13-5-3-2-4-6-13)10-14-9-12(11-20)7-8-16(14)21-18/h2-10,17H,1H3. The molecule has 1 heterocycles. The average molecular weight is 353 g/mol. The summed E-state index contributed by atoms with van der Waals surface area (Å²) in [6.45, 7) is 0. The van der Waals surface area contributed by atoms with Crippen molar-refractivity contribution in [2.24, 2.45) is 0 Å². The van der Waals surface area contributed by atoms with Crippen LogP contribution in [0.25, 0.3) is 10.9 Å². The molecular weight excluding hydrogens is 340 g/mol. The number of pyridine rings is 1. The number of aromatic nitrogens is 1. The number of methoxy groups -OCH3 is 1. The van der Waals surface area contributed by atoms with E-state index < -0.39 is 0 Å². The summed E-state index contributed by atoms with van der Waals surface area (Å²) >= 11 is 3.72. The van der Waals surface area contributed by atoms with E-state index in [4.69, 9.17) is 10.00 Å². The number of nitrogens with zero attached hydrogens (tertiary/aromatic N) is 2. The van der Waals surface area contributed by atoms with Crippen LogP contribution in [0.15, 0.2) is 54.6 Å². The minimum absolute atomic E-state index is 0.0220. The topological polar surface area (TPSA) is 45.9 Å². The van der Waals surface area contributed by atoms with Gasteiger partial charge in [-0.05, 0) is 29.8 Å². The summed E-state index contributed by atoms with van der Waals surface area (Å²) in [7, 11) is 1.62. The van der Waals surface area contributed by atoms with Crippen LogP contribution in [0.4, 0.5) is 0 Å². The van der Waals surface area contributed by atoms with E-state index in [1.54, 1.807) is 13.2 Å². The zero-order chi connectivity index (χ0) is 15.5. The minimum atomic E-state index is -0.0220. The lowest BCUT2D eigenvalue weighted by Gasteiger charge is -2.15. The third-order valence-corrected chi connectivity index (χ3v) is 4.52. The highest BCUT2D eigenvalue weighted by Gasteiger charge is 2.17. The summed E-state index contributed by atoms with van der Waals surface area (Å²) in [6.07, 6.45) is 0. The average Bonchev–Trinajstić information content (AvgIpc) is 2.60. The number of hydrogen-bond donors (Lipinski definition) is 0. The molecule has 1 atom stereocenters. The molecule has 0 aliphatic carbocycles. The Morgan fingerprint density at radius 1 is 1.14 bits per heavy atom. The molecule has 4 heteroatoms. The molecule has 3 rings (SSSR count). The minimum Gasteiger partial charge on any atom is -0.481 e. The molecule has 3 nitrogen and oxygen atoms in total. The Kier molecular flexibility index (Phi) is 4.08. The lowest BCUT2D eigenvalue weighted by molar-refractivity contribution is 0.395. The fraction of sp³-hybridized carbons (Fsp3) is 0.111. The van der Waals surface area contributed by atoms with Gasteiger partial charge in [-0.3, -0.25) is 0 Å². The van der Waals surface area contributed by atoms with Crippen LogP contribution in [0.1, 0.15) is 21.5 Å². The molecule has 0 N–H and O–H groups in total. The van der Waals surface area contributed by atoms with Gasteiger partial charge in [0.15, 0.2) is 0 Å². The normalized spacial score (nSPS) is 11.9. The van der Waals surface area contributed by atoms with Crippen LogP contribution in [0.5, 0.6) is 5.88 Å². The van der Waals surface area contributed by atoms with Gasteiger partial charge in [-0.15, -0.1) is 0 Å². The van der Waals surface area contributed by atoms with E-state index in [0.717, 1.165) is 22.0 Å². The van der Waals surface area contributed by atoms with Gasteiger partial charge in [-0.25, -0.2) is 4.98 Å². The third kappa shape index (κ3) is 2.68. The third-order valence-electron chi connectivity index (χ3n) is 3.50. The number of fused-ring (bicyclic) bond motifs is 1. The molecular formula is C18H13BrN2O. The zero-order valence-corrected chi connectivity index (χ0v) is 13.5. The molecule has 0 amide bonds. The van der Waals surface area contributed by atoms with Gasteiger partial charge in [-0.1, -0.05) is 46.3 Å². The summed E-state index contributed by atoms with van der Waals surface area (Å²) in [4.78, 5) is 4.53. The Morgan fingerprint density at radius 2 is 1.91 bits per heavy atom. The summed E-state index contributed by atoms with van der Waals surface area (Å²) in [6, 6.07) is 19.7. The Hall–Kier alpha value is -2.38. The van der Waals surface area contributed by atoms with Crippen molar-refractivity contribution in [1.82, 2.24) is 4.98 Å². The maximum Gasteiger partial charge on any atom is 0.218 e. The molecule has 22 heavy (non-hydrogen) atoms. The van der Waals surface area contributed by atoms with Crippen molar-refractivity contribution in [3.05, 3.63) is 71.3 Å². The molecule has 0 saturated carbocycles. The summed E-state index contributed by atoms with van der Waals surface area (Å²) in [5.41, 5.74) is 3.50. The monoisotopic (exact) mass is 352 g/mol. The van der Waals surface area contributed by atoms with Gasteiger partial charge in [0.05, 0.1) is 29.1 Å². The first-order valence-corrected chi connectivity index (χ1v) is 7.72. The number of hydrogen-bond acceptors (Lipinski definition) is 3. The van der Waals surface area contributed by atoms with Crippen LogP contribution >= 0.6 is 15.9 Å². The van der Waals surface area contributed by atoms with Gasteiger partial charge in [0.1, 0.15) is 0 Å². The largest absolute Gasteiger partial charge is 0.481 e. The zero-order valence-electron chi connectivity index (χ0n) is 12.0. The molecule has 0 aliphatic heterocycles. The first kappa shape index (κ1) is 14.6. The van der Waals surface area contributed by atoms with E-state index in [0.29, 0.717) is 11.4 Å². The van der Waals surface area contributed by atoms with E-state index in [1.807, 2.05) is 36.4 Å². The Balaban J connectivity index is 2.17. The molecule has 1 aromatic heterocycles. The number of halogens is 1. The highest BCUT2D eigenvalue weighted by molar-refractivity contribution is 9.09. The molecule has 0 saturated heterocycles. The number of benzene rings is 2. The molecule has 0 spiro atoms. The molecule has 3 aromatic rings. The quantitative estimate of drug-likeness (QED) is 0.647. The van der Waals surface area contributed by atoms with Crippen molar-refractivity contribution in [3.8, 4) is 11.9 Å². The predicted molar refractivity (Wildman–Crippen MR) is 90.2 cm³/mol. The van der Waals surface area contributed by atoms with Crippen LogP contribution < -0.4 is 4.74 Å². The van der Waals surface area contributed by atoms with Crippen molar-refractivity contribution >= 4 is 26.8 Å². The van der Waals surface area contributed by atoms with E-state index in [2.05, 4.69) is 39.1 Å².